The van der Waals surface area contributed by atoms with E-state index in [2.05, 4.69) is 23.1 Å². The molecular formula is C16H22N3O. The van der Waals surface area contributed by atoms with Gasteiger partial charge >= 0.3 is 6.03 Å². The van der Waals surface area contributed by atoms with Gasteiger partial charge < -0.3 is 14.7 Å². The van der Waals surface area contributed by atoms with Crippen molar-refractivity contribution in [2.75, 3.05) is 44.2 Å². The number of benzene rings is 1. The molecule has 4 heteroatoms. The first-order chi connectivity index (χ1) is 9.84. The second-order valence-corrected chi connectivity index (χ2v) is 5.56. The van der Waals surface area contributed by atoms with Gasteiger partial charge in [-0.05, 0) is 37.5 Å². The number of hydrogen-bond acceptors (Lipinski definition) is 2. The first-order valence-electron chi connectivity index (χ1n) is 7.59. The summed E-state index contributed by atoms with van der Waals surface area (Å²) in [6, 6.07) is 11.3. The molecule has 2 aliphatic rings. The van der Waals surface area contributed by atoms with Crippen molar-refractivity contribution in [1.82, 2.24) is 9.80 Å². The third-order valence-electron chi connectivity index (χ3n) is 4.24. The predicted molar refractivity (Wildman–Crippen MR) is 79.9 cm³/mol. The van der Waals surface area contributed by atoms with Crippen molar-refractivity contribution in [2.45, 2.75) is 19.3 Å². The summed E-state index contributed by atoms with van der Waals surface area (Å²) in [5.74, 6) is 0. The van der Waals surface area contributed by atoms with Gasteiger partial charge in [-0.1, -0.05) is 12.1 Å². The van der Waals surface area contributed by atoms with Crippen molar-refractivity contribution in [3.63, 3.8) is 0 Å². The van der Waals surface area contributed by atoms with Crippen LogP contribution < -0.4 is 4.90 Å². The second kappa shape index (κ2) is 6.16. The van der Waals surface area contributed by atoms with Gasteiger partial charge in [-0.3, -0.25) is 0 Å². The SMILES string of the molecule is O=C(N1CCCCC1)N1CCN(c2cc[c]cc2)CC1. The van der Waals surface area contributed by atoms with Crippen molar-refractivity contribution < 1.29 is 4.79 Å². The molecule has 0 N–H and O–H groups in total. The molecule has 0 unspecified atom stereocenters. The Morgan fingerprint density at radius 3 is 2.10 bits per heavy atom. The molecule has 2 fully saturated rings. The Morgan fingerprint density at radius 1 is 0.850 bits per heavy atom. The van der Waals surface area contributed by atoms with Crippen LogP contribution in [0.5, 0.6) is 0 Å². The fourth-order valence-corrected chi connectivity index (χ4v) is 3.03. The summed E-state index contributed by atoms with van der Waals surface area (Å²) in [5, 5.41) is 0. The summed E-state index contributed by atoms with van der Waals surface area (Å²) in [5.41, 5.74) is 1.23. The molecule has 0 aliphatic carbocycles. The third kappa shape index (κ3) is 2.89. The molecule has 107 valence electrons. The highest BCUT2D eigenvalue weighted by Gasteiger charge is 2.25. The zero-order chi connectivity index (χ0) is 13.8. The minimum Gasteiger partial charge on any atom is -0.368 e. The van der Waals surface area contributed by atoms with Crippen molar-refractivity contribution in [2.24, 2.45) is 0 Å². The van der Waals surface area contributed by atoms with Gasteiger partial charge in [0.05, 0.1) is 0 Å². The molecule has 0 atom stereocenters. The minimum atomic E-state index is 0.241. The molecule has 0 spiro atoms. The van der Waals surface area contributed by atoms with Crippen LogP contribution in [0.15, 0.2) is 24.3 Å². The molecule has 2 heterocycles. The van der Waals surface area contributed by atoms with Crippen LogP contribution in [-0.2, 0) is 0 Å². The van der Waals surface area contributed by atoms with Crippen LogP contribution >= 0.6 is 0 Å². The van der Waals surface area contributed by atoms with Crippen LogP contribution in [0.3, 0.4) is 0 Å². The summed E-state index contributed by atoms with van der Waals surface area (Å²) in [6.45, 7) is 5.37. The summed E-state index contributed by atoms with van der Waals surface area (Å²) in [7, 11) is 0. The fraction of sp³-hybridized carbons (Fsp3) is 0.562. The molecule has 1 radical (unpaired) electrons. The topological polar surface area (TPSA) is 26.8 Å². The number of nitrogens with zero attached hydrogens (tertiary/aromatic N) is 3. The highest BCUT2D eigenvalue weighted by atomic mass is 16.2. The van der Waals surface area contributed by atoms with E-state index < -0.39 is 0 Å². The van der Waals surface area contributed by atoms with Crippen LogP contribution in [-0.4, -0.2) is 55.1 Å². The molecule has 2 aliphatic heterocycles. The number of piperazine rings is 1. The molecular weight excluding hydrogens is 250 g/mol. The number of likely N-dealkylation sites (tertiary alicyclic amines) is 1. The van der Waals surface area contributed by atoms with Crippen molar-refractivity contribution in [3.05, 3.63) is 30.3 Å². The molecule has 2 saturated heterocycles. The van der Waals surface area contributed by atoms with E-state index in [1.807, 2.05) is 21.9 Å². The van der Waals surface area contributed by atoms with E-state index in [0.717, 1.165) is 52.1 Å². The number of rotatable bonds is 1. The van der Waals surface area contributed by atoms with Crippen molar-refractivity contribution in [3.8, 4) is 0 Å². The molecule has 0 saturated carbocycles. The Kier molecular flexibility index (Phi) is 4.09. The molecule has 4 nitrogen and oxygen atoms in total. The summed E-state index contributed by atoms with van der Waals surface area (Å²) < 4.78 is 0. The third-order valence-corrected chi connectivity index (χ3v) is 4.24. The Hall–Kier alpha value is -1.71. The van der Waals surface area contributed by atoms with Crippen LogP contribution in [0.4, 0.5) is 10.5 Å². The number of carbonyl (C=O) groups excluding carboxylic acids is 1. The van der Waals surface area contributed by atoms with Gasteiger partial charge in [-0.2, -0.15) is 0 Å². The number of anilines is 1. The van der Waals surface area contributed by atoms with E-state index in [1.165, 1.54) is 12.1 Å². The normalized spacial score (nSPS) is 20.1. The Labute approximate surface area is 121 Å². The van der Waals surface area contributed by atoms with E-state index in [4.69, 9.17) is 0 Å². The Morgan fingerprint density at radius 2 is 1.45 bits per heavy atom. The number of urea groups is 1. The number of carbonyl (C=O) groups is 1. The lowest BCUT2D eigenvalue weighted by Gasteiger charge is -2.39. The lowest BCUT2D eigenvalue weighted by atomic mass is 10.1. The van der Waals surface area contributed by atoms with Gasteiger partial charge in [-0.15, -0.1) is 0 Å². The molecule has 0 aromatic heterocycles. The van der Waals surface area contributed by atoms with E-state index >= 15 is 0 Å². The lowest BCUT2D eigenvalue weighted by molar-refractivity contribution is 0.141. The monoisotopic (exact) mass is 272 g/mol. The lowest BCUT2D eigenvalue weighted by Crippen LogP contribution is -2.53. The van der Waals surface area contributed by atoms with Crippen LogP contribution in [0.2, 0.25) is 0 Å². The first kappa shape index (κ1) is 13.3. The fourth-order valence-electron chi connectivity index (χ4n) is 3.03. The van der Waals surface area contributed by atoms with Gasteiger partial charge in [-0.25, -0.2) is 4.79 Å². The van der Waals surface area contributed by atoms with Crippen LogP contribution in [0.1, 0.15) is 19.3 Å². The van der Waals surface area contributed by atoms with E-state index in [-0.39, 0.29) is 6.03 Å². The largest absolute Gasteiger partial charge is 0.368 e. The van der Waals surface area contributed by atoms with E-state index in [0.29, 0.717) is 0 Å². The maximum atomic E-state index is 12.4. The van der Waals surface area contributed by atoms with Crippen molar-refractivity contribution >= 4 is 11.7 Å². The van der Waals surface area contributed by atoms with Crippen molar-refractivity contribution in [1.29, 1.82) is 0 Å². The smallest absolute Gasteiger partial charge is 0.320 e. The quantitative estimate of drug-likeness (QED) is 0.783. The maximum Gasteiger partial charge on any atom is 0.320 e. The molecule has 0 bridgehead atoms. The number of piperidine rings is 1. The summed E-state index contributed by atoms with van der Waals surface area (Å²) in [4.78, 5) is 18.8. The Bertz CT molecular complexity index is 434. The average Bonchev–Trinajstić information content (AvgIpc) is 2.56. The average molecular weight is 272 g/mol. The zero-order valence-electron chi connectivity index (χ0n) is 11.9. The molecule has 20 heavy (non-hydrogen) atoms. The van der Waals surface area contributed by atoms with Crippen LogP contribution in [0.25, 0.3) is 0 Å². The highest BCUT2D eigenvalue weighted by Crippen LogP contribution is 2.17. The number of hydrogen-bond donors (Lipinski definition) is 0. The first-order valence-corrected chi connectivity index (χ1v) is 7.59. The zero-order valence-corrected chi connectivity index (χ0v) is 11.9. The Balaban J connectivity index is 1.54. The standard InChI is InChI=1S/C16H22N3O/c20-16(18-9-5-2-6-10-18)19-13-11-17(12-14-19)15-7-3-1-4-8-15/h3-4,7-8H,2,5-6,9-14H2. The van der Waals surface area contributed by atoms with E-state index in [9.17, 15) is 4.79 Å². The van der Waals surface area contributed by atoms with Crippen LogP contribution in [0, 0.1) is 6.07 Å². The predicted octanol–water partition coefficient (Wildman–Crippen LogP) is 2.21. The maximum absolute atomic E-state index is 12.4. The molecule has 1 aromatic carbocycles. The molecule has 3 rings (SSSR count). The molecule has 1 aromatic rings. The highest BCUT2D eigenvalue weighted by molar-refractivity contribution is 5.75. The van der Waals surface area contributed by atoms with Gasteiger partial charge in [0.2, 0.25) is 0 Å². The minimum absolute atomic E-state index is 0.241. The van der Waals surface area contributed by atoms with E-state index in [1.54, 1.807) is 0 Å². The second-order valence-electron chi connectivity index (χ2n) is 5.56. The molecule has 2 amide bonds. The number of amides is 2. The van der Waals surface area contributed by atoms with Gasteiger partial charge in [0.15, 0.2) is 0 Å². The van der Waals surface area contributed by atoms with Gasteiger partial charge in [0.1, 0.15) is 0 Å². The van der Waals surface area contributed by atoms with Gasteiger partial charge in [0.25, 0.3) is 0 Å². The summed E-state index contributed by atoms with van der Waals surface area (Å²) >= 11 is 0. The summed E-state index contributed by atoms with van der Waals surface area (Å²) in [6.07, 6.45) is 3.58. The van der Waals surface area contributed by atoms with Gasteiger partial charge in [0, 0.05) is 45.0 Å².